The van der Waals surface area contributed by atoms with Crippen LogP contribution in [-0.2, 0) is 6.54 Å². The topological polar surface area (TPSA) is 55.6 Å². The predicted molar refractivity (Wildman–Crippen MR) is 61.7 cm³/mol. The van der Waals surface area contributed by atoms with E-state index in [4.69, 9.17) is 11.6 Å². The number of tetrazole rings is 1. The van der Waals surface area contributed by atoms with Crippen LogP contribution < -0.4 is 5.32 Å². The average Bonchev–Trinajstić information content (AvgIpc) is 2.70. The molecule has 0 aliphatic heterocycles. The standard InChI is InChI=1S/C10H12ClN5/c1-7-3-4-8(11)9(5-7)16-10(6-12-2)13-14-15-16/h3-5,12H,6H2,1-2H3. The van der Waals surface area contributed by atoms with E-state index in [0.29, 0.717) is 11.6 Å². The number of nitrogens with one attached hydrogen (secondary N) is 1. The summed E-state index contributed by atoms with van der Waals surface area (Å²) in [7, 11) is 1.84. The van der Waals surface area contributed by atoms with Crippen molar-refractivity contribution in [2.75, 3.05) is 7.05 Å². The number of nitrogens with zero attached hydrogens (tertiary/aromatic N) is 4. The molecule has 16 heavy (non-hydrogen) atoms. The molecule has 0 atom stereocenters. The van der Waals surface area contributed by atoms with E-state index in [1.165, 1.54) is 0 Å². The molecule has 0 saturated heterocycles. The highest BCUT2D eigenvalue weighted by molar-refractivity contribution is 6.32. The van der Waals surface area contributed by atoms with Crippen LogP contribution in [0.5, 0.6) is 0 Å². The van der Waals surface area contributed by atoms with E-state index in [9.17, 15) is 0 Å². The van der Waals surface area contributed by atoms with Gasteiger partial charge in [-0.05, 0) is 42.1 Å². The van der Waals surface area contributed by atoms with E-state index in [2.05, 4.69) is 20.8 Å². The van der Waals surface area contributed by atoms with Gasteiger partial charge in [-0.1, -0.05) is 17.7 Å². The lowest BCUT2D eigenvalue weighted by Crippen LogP contribution is -2.12. The number of benzene rings is 1. The van der Waals surface area contributed by atoms with Crippen LogP contribution in [-0.4, -0.2) is 27.3 Å². The van der Waals surface area contributed by atoms with Gasteiger partial charge in [0.05, 0.1) is 17.3 Å². The first-order chi connectivity index (χ1) is 7.72. The van der Waals surface area contributed by atoms with E-state index in [1.54, 1.807) is 4.68 Å². The summed E-state index contributed by atoms with van der Waals surface area (Å²) in [4.78, 5) is 0. The first-order valence-electron chi connectivity index (χ1n) is 4.90. The Morgan fingerprint density at radius 2 is 2.25 bits per heavy atom. The van der Waals surface area contributed by atoms with Crippen molar-refractivity contribution in [2.45, 2.75) is 13.5 Å². The molecule has 84 valence electrons. The van der Waals surface area contributed by atoms with Crippen LogP contribution in [0.15, 0.2) is 18.2 Å². The van der Waals surface area contributed by atoms with Gasteiger partial charge >= 0.3 is 0 Å². The molecule has 0 aliphatic carbocycles. The molecule has 2 aromatic rings. The number of aryl methyl sites for hydroxylation is 1. The predicted octanol–water partition coefficient (Wildman–Crippen LogP) is 1.34. The van der Waals surface area contributed by atoms with Crippen LogP contribution in [0.2, 0.25) is 5.02 Å². The van der Waals surface area contributed by atoms with Crippen LogP contribution in [0.25, 0.3) is 5.69 Å². The third-order valence-electron chi connectivity index (χ3n) is 2.20. The first-order valence-corrected chi connectivity index (χ1v) is 5.28. The summed E-state index contributed by atoms with van der Waals surface area (Å²) in [6.45, 7) is 2.60. The summed E-state index contributed by atoms with van der Waals surface area (Å²) in [5.74, 6) is 0.731. The summed E-state index contributed by atoms with van der Waals surface area (Å²) in [6.07, 6.45) is 0. The van der Waals surface area contributed by atoms with E-state index in [-0.39, 0.29) is 0 Å². The Hall–Kier alpha value is -1.46. The van der Waals surface area contributed by atoms with Gasteiger partial charge in [0, 0.05) is 0 Å². The van der Waals surface area contributed by atoms with Gasteiger partial charge in [-0.15, -0.1) is 5.10 Å². The molecule has 6 heteroatoms. The Morgan fingerprint density at radius 1 is 1.44 bits per heavy atom. The van der Waals surface area contributed by atoms with Gasteiger partial charge in [0.2, 0.25) is 0 Å². The van der Waals surface area contributed by atoms with E-state index in [0.717, 1.165) is 17.1 Å². The number of aromatic nitrogens is 4. The molecule has 0 fully saturated rings. The molecule has 0 aliphatic rings. The Labute approximate surface area is 98.4 Å². The molecule has 0 saturated carbocycles. The maximum Gasteiger partial charge on any atom is 0.170 e. The van der Waals surface area contributed by atoms with Gasteiger partial charge in [-0.3, -0.25) is 0 Å². The fraction of sp³-hybridized carbons (Fsp3) is 0.300. The molecule has 0 unspecified atom stereocenters. The number of halogens is 1. The molecular formula is C10H12ClN5. The van der Waals surface area contributed by atoms with Crippen LogP contribution in [0.1, 0.15) is 11.4 Å². The summed E-state index contributed by atoms with van der Waals surface area (Å²) in [5.41, 5.74) is 1.92. The van der Waals surface area contributed by atoms with Gasteiger partial charge in [-0.25, -0.2) is 0 Å². The third kappa shape index (κ3) is 2.05. The van der Waals surface area contributed by atoms with Gasteiger partial charge in [0.1, 0.15) is 0 Å². The van der Waals surface area contributed by atoms with Gasteiger partial charge in [-0.2, -0.15) is 4.68 Å². The SMILES string of the molecule is CNCc1nnnn1-c1cc(C)ccc1Cl. The minimum Gasteiger partial charge on any atom is -0.313 e. The third-order valence-corrected chi connectivity index (χ3v) is 2.52. The minimum atomic E-state index is 0.595. The van der Waals surface area contributed by atoms with Gasteiger partial charge in [0.15, 0.2) is 5.82 Å². The highest BCUT2D eigenvalue weighted by atomic mass is 35.5. The van der Waals surface area contributed by atoms with Crippen molar-refractivity contribution in [1.82, 2.24) is 25.5 Å². The molecule has 5 nitrogen and oxygen atoms in total. The fourth-order valence-corrected chi connectivity index (χ4v) is 1.64. The average molecular weight is 238 g/mol. The molecule has 1 aromatic carbocycles. The lowest BCUT2D eigenvalue weighted by atomic mass is 10.2. The zero-order chi connectivity index (χ0) is 11.5. The van der Waals surface area contributed by atoms with Crippen molar-refractivity contribution in [2.24, 2.45) is 0 Å². The normalized spacial score (nSPS) is 10.7. The van der Waals surface area contributed by atoms with E-state index >= 15 is 0 Å². The van der Waals surface area contributed by atoms with Crippen molar-refractivity contribution in [3.63, 3.8) is 0 Å². The second kappa shape index (κ2) is 4.59. The zero-order valence-corrected chi connectivity index (χ0v) is 9.86. The molecule has 1 aromatic heterocycles. The van der Waals surface area contributed by atoms with Crippen LogP contribution in [0, 0.1) is 6.92 Å². The summed E-state index contributed by atoms with van der Waals surface area (Å²) in [5, 5.41) is 15.2. The van der Waals surface area contributed by atoms with Crippen molar-refractivity contribution in [1.29, 1.82) is 0 Å². The van der Waals surface area contributed by atoms with Crippen molar-refractivity contribution in [3.05, 3.63) is 34.6 Å². The second-order valence-electron chi connectivity index (χ2n) is 3.49. The van der Waals surface area contributed by atoms with Crippen LogP contribution in [0.4, 0.5) is 0 Å². The molecule has 1 heterocycles. The molecule has 0 radical (unpaired) electrons. The minimum absolute atomic E-state index is 0.595. The molecule has 2 rings (SSSR count). The van der Waals surface area contributed by atoms with Gasteiger partial charge < -0.3 is 5.32 Å². The molecular weight excluding hydrogens is 226 g/mol. The molecule has 0 amide bonds. The Morgan fingerprint density at radius 3 is 3.00 bits per heavy atom. The van der Waals surface area contributed by atoms with Crippen molar-refractivity contribution < 1.29 is 0 Å². The Kier molecular flexibility index (Phi) is 3.17. The molecule has 1 N–H and O–H groups in total. The molecule has 0 spiro atoms. The largest absolute Gasteiger partial charge is 0.313 e. The van der Waals surface area contributed by atoms with Crippen LogP contribution >= 0.6 is 11.6 Å². The number of rotatable bonds is 3. The first kappa shape index (κ1) is 11.0. The zero-order valence-electron chi connectivity index (χ0n) is 9.11. The van der Waals surface area contributed by atoms with Crippen LogP contribution in [0.3, 0.4) is 0 Å². The summed E-state index contributed by atoms with van der Waals surface area (Å²) in [6, 6.07) is 5.75. The summed E-state index contributed by atoms with van der Waals surface area (Å²) >= 11 is 6.12. The lowest BCUT2D eigenvalue weighted by Gasteiger charge is -2.07. The quantitative estimate of drug-likeness (QED) is 0.876. The maximum atomic E-state index is 6.12. The number of hydrogen-bond acceptors (Lipinski definition) is 4. The lowest BCUT2D eigenvalue weighted by molar-refractivity contribution is 0.708. The smallest absolute Gasteiger partial charge is 0.170 e. The highest BCUT2D eigenvalue weighted by Crippen LogP contribution is 2.21. The monoisotopic (exact) mass is 237 g/mol. The summed E-state index contributed by atoms with van der Waals surface area (Å²) < 4.78 is 1.64. The van der Waals surface area contributed by atoms with Crippen molar-refractivity contribution >= 4 is 11.6 Å². The fourth-order valence-electron chi connectivity index (χ4n) is 1.45. The highest BCUT2D eigenvalue weighted by Gasteiger charge is 2.10. The second-order valence-corrected chi connectivity index (χ2v) is 3.90. The van der Waals surface area contributed by atoms with E-state index in [1.807, 2.05) is 32.2 Å². The van der Waals surface area contributed by atoms with Crippen molar-refractivity contribution in [3.8, 4) is 5.69 Å². The number of hydrogen-bond donors (Lipinski definition) is 1. The Balaban J connectivity index is 2.49. The molecule has 0 bridgehead atoms. The maximum absolute atomic E-state index is 6.12. The Bertz CT molecular complexity index is 494. The van der Waals surface area contributed by atoms with E-state index < -0.39 is 0 Å². The van der Waals surface area contributed by atoms with Gasteiger partial charge in [0.25, 0.3) is 0 Å².